The number of benzene rings is 1. The molecule has 2 N–H and O–H groups in total. The largest absolute Gasteiger partial charge is 0.329 e. The van der Waals surface area contributed by atoms with Crippen LogP contribution in [0.3, 0.4) is 0 Å². The van der Waals surface area contributed by atoms with Crippen LogP contribution in [0.1, 0.15) is 25.8 Å². The maximum atomic E-state index is 5.54. The summed E-state index contributed by atoms with van der Waals surface area (Å²) >= 11 is 0. The Kier molecular flexibility index (Phi) is 4.97. The van der Waals surface area contributed by atoms with E-state index in [0.717, 1.165) is 26.1 Å². The average Bonchev–Trinajstić information content (AvgIpc) is 2.28. The first kappa shape index (κ1) is 13.2. The van der Waals surface area contributed by atoms with Crippen LogP contribution in [-0.2, 0) is 5.41 Å². The van der Waals surface area contributed by atoms with Crippen molar-refractivity contribution < 1.29 is 0 Å². The highest BCUT2D eigenvalue weighted by Crippen LogP contribution is 2.26. The minimum Gasteiger partial charge on any atom is -0.329 e. The van der Waals surface area contributed by atoms with E-state index >= 15 is 0 Å². The molecule has 0 aliphatic carbocycles. The zero-order valence-electron chi connectivity index (χ0n) is 10.7. The number of rotatable bonds is 6. The van der Waals surface area contributed by atoms with Gasteiger partial charge < -0.3 is 10.6 Å². The van der Waals surface area contributed by atoms with E-state index in [0.29, 0.717) is 0 Å². The fraction of sp³-hybridized carbons (Fsp3) is 0.571. The summed E-state index contributed by atoms with van der Waals surface area (Å²) in [6, 6.07) is 10.7. The van der Waals surface area contributed by atoms with E-state index in [2.05, 4.69) is 56.1 Å². The van der Waals surface area contributed by atoms with Crippen LogP contribution in [0.5, 0.6) is 0 Å². The van der Waals surface area contributed by atoms with Crippen molar-refractivity contribution in [3.63, 3.8) is 0 Å². The Hall–Kier alpha value is -0.860. The third-order valence-electron chi connectivity index (χ3n) is 3.18. The van der Waals surface area contributed by atoms with Crippen LogP contribution in [0.25, 0.3) is 0 Å². The first-order valence-corrected chi connectivity index (χ1v) is 6.00. The maximum Gasteiger partial charge on any atom is 0.0102 e. The molecule has 0 amide bonds. The lowest BCUT2D eigenvalue weighted by Gasteiger charge is -2.28. The average molecular weight is 220 g/mol. The lowest BCUT2D eigenvalue weighted by Crippen LogP contribution is -2.30. The van der Waals surface area contributed by atoms with Crippen molar-refractivity contribution in [1.82, 2.24) is 4.90 Å². The first-order valence-electron chi connectivity index (χ1n) is 6.00. The molecular formula is C14H24N2. The molecule has 0 fully saturated rings. The lowest BCUT2D eigenvalue weighted by atomic mass is 9.81. The van der Waals surface area contributed by atoms with Gasteiger partial charge in [0, 0.05) is 13.1 Å². The Labute approximate surface area is 99.5 Å². The summed E-state index contributed by atoms with van der Waals surface area (Å²) in [4.78, 5) is 2.30. The molecule has 0 atom stereocenters. The van der Waals surface area contributed by atoms with Crippen molar-refractivity contribution >= 4 is 0 Å². The van der Waals surface area contributed by atoms with E-state index in [9.17, 15) is 0 Å². The highest BCUT2D eigenvalue weighted by molar-refractivity contribution is 5.23. The number of nitrogens with two attached hydrogens (primary N) is 1. The van der Waals surface area contributed by atoms with Gasteiger partial charge in [-0.25, -0.2) is 0 Å². The smallest absolute Gasteiger partial charge is 0.0102 e. The Bertz CT molecular complexity index is 293. The molecule has 0 spiro atoms. The Morgan fingerprint density at radius 1 is 1.12 bits per heavy atom. The van der Waals surface area contributed by atoms with E-state index in [1.54, 1.807) is 0 Å². The van der Waals surface area contributed by atoms with Crippen molar-refractivity contribution in [3.8, 4) is 0 Å². The summed E-state index contributed by atoms with van der Waals surface area (Å²) in [5, 5.41) is 0. The number of hydrogen-bond acceptors (Lipinski definition) is 2. The SMILES string of the molecule is CN(CCN)CCC(C)(C)c1ccccc1. The summed E-state index contributed by atoms with van der Waals surface area (Å²) in [7, 11) is 2.13. The van der Waals surface area contributed by atoms with E-state index in [1.165, 1.54) is 5.56 Å². The van der Waals surface area contributed by atoms with Crippen LogP contribution in [0.4, 0.5) is 0 Å². The minimum atomic E-state index is 0.240. The van der Waals surface area contributed by atoms with Crippen molar-refractivity contribution in [2.45, 2.75) is 25.7 Å². The zero-order valence-corrected chi connectivity index (χ0v) is 10.7. The molecule has 1 aromatic carbocycles. The molecule has 0 saturated carbocycles. The van der Waals surface area contributed by atoms with Crippen LogP contribution in [0.2, 0.25) is 0 Å². The summed E-state index contributed by atoms with van der Waals surface area (Å²) in [5.74, 6) is 0. The molecule has 0 bridgehead atoms. The third-order valence-corrected chi connectivity index (χ3v) is 3.18. The summed E-state index contributed by atoms with van der Waals surface area (Å²) < 4.78 is 0. The number of likely N-dealkylation sites (N-methyl/N-ethyl adjacent to an activating group) is 1. The molecular weight excluding hydrogens is 196 g/mol. The van der Waals surface area contributed by atoms with E-state index < -0.39 is 0 Å². The Balaban J connectivity index is 2.52. The molecule has 90 valence electrons. The molecule has 0 saturated heterocycles. The normalized spacial score (nSPS) is 12.1. The highest BCUT2D eigenvalue weighted by atomic mass is 15.1. The summed E-state index contributed by atoms with van der Waals surface area (Å²) in [6.45, 7) is 7.42. The standard InChI is InChI=1S/C14H24N2/c1-14(2,9-11-16(3)12-10-15)13-7-5-4-6-8-13/h4-8H,9-12,15H2,1-3H3. The van der Waals surface area contributed by atoms with Gasteiger partial charge in [-0.05, 0) is 31.0 Å². The minimum absolute atomic E-state index is 0.240. The van der Waals surface area contributed by atoms with Crippen LogP contribution in [-0.4, -0.2) is 31.6 Å². The predicted molar refractivity (Wildman–Crippen MR) is 70.6 cm³/mol. The highest BCUT2D eigenvalue weighted by Gasteiger charge is 2.20. The van der Waals surface area contributed by atoms with Crippen LogP contribution in [0.15, 0.2) is 30.3 Å². The van der Waals surface area contributed by atoms with Gasteiger partial charge in [0.05, 0.1) is 0 Å². The second-order valence-corrected chi connectivity index (χ2v) is 5.09. The molecule has 0 unspecified atom stereocenters. The van der Waals surface area contributed by atoms with Gasteiger partial charge in [-0.1, -0.05) is 44.2 Å². The fourth-order valence-electron chi connectivity index (χ4n) is 1.84. The Morgan fingerprint density at radius 2 is 1.75 bits per heavy atom. The van der Waals surface area contributed by atoms with Gasteiger partial charge in [-0.15, -0.1) is 0 Å². The first-order chi connectivity index (χ1) is 7.56. The van der Waals surface area contributed by atoms with E-state index in [4.69, 9.17) is 5.73 Å². The van der Waals surface area contributed by atoms with Gasteiger partial charge >= 0.3 is 0 Å². The molecule has 2 heteroatoms. The molecule has 0 heterocycles. The molecule has 1 rings (SSSR count). The lowest BCUT2D eigenvalue weighted by molar-refractivity contribution is 0.301. The number of hydrogen-bond donors (Lipinski definition) is 1. The molecule has 1 aromatic rings. The molecule has 16 heavy (non-hydrogen) atoms. The molecule has 2 nitrogen and oxygen atoms in total. The van der Waals surface area contributed by atoms with Crippen LogP contribution < -0.4 is 5.73 Å². The molecule has 0 aliphatic rings. The van der Waals surface area contributed by atoms with E-state index in [1.807, 2.05) is 0 Å². The van der Waals surface area contributed by atoms with E-state index in [-0.39, 0.29) is 5.41 Å². The fourth-order valence-corrected chi connectivity index (χ4v) is 1.84. The van der Waals surface area contributed by atoms with Crippen LogP contribution >= 0.6 is 0 Å². The third kappa shape index (κ3) is 3.95. The predicted octanol–water partition coefficient (Wildman–Crippen LogP) is 2.24. The second kappa shape index (κ2) is 6.02. The van der Waals surface area contributed by atoms with Crippen molar-refractivity contribution in [2.24, 2.45) is 5.73 Å². The maximum absolute atomic E-state index is 5.54. The Morgan fingerprint density at radius 3 is 2.31 bits per heavy atom. The van der Waals surface area contributed by atoms with Crippen LogP contribution in [0, 0.1) is 0 Å². The monoisotopic (exact) mass is 220 g/mol. The molecule has 0 aliphatic heterocycles. The summed E-state index contributed by atoms with van der Waals surface area (Å²) in [5.41, 5.74) is 7.19. The van der Waals surface area contributed by atoms with Crippen molar-refractivity contribution in [3.05, 3.63) is 35.9 Å². The van der Waals surface area contributed by atoms with Crippen molar-refractivity contribution in [1.29, 1.82) is 0 Å². The van der Waals surface area contributed by atoms with Gasteiger partial charge in [0.2, 0.25) is 0 Å². The van der Waals surface area contributed by atoms with Gasteiger partial charge in [-0.3, -0.25) is 0 Å². The van der Waals surface area contributed by atoms with Gasteiger partial charge in [0.1, 0.15) is 0 Å². The zero-order chi connectivity index (χ0) is 12.0. The molecule has 0 aromatic heterocycles. The second-order valence-electron chi connectivity index (χ2n) is 5.09. The molecule has 0 radical (unpaired) electrons. The quantitative estimate of drug-likeness (QED) is 0.796. The van der Waals surface area contributed by atoms with Gasteiger partial charge in [-0.2, -0.15) is 0 Å². The van der Waals surface area contributed by atoms with Gasteiger partial charge in [0.15, 0.2) is 0 Å². The van der Waals surface area contributed by atoms with Gasteiger partial charge in [0.25, 0.3) is 0 Å². The van der Waals surface area contributed by atoms with Crippen molar-refractivity contribution in [2.75, 3.05) is 26.7 Å². The number of nitrogens with zero attached hydrogens (tertiary/aromatic N) is 1. The topological polar surface area (TPSA) is 29.3 Å². The summed E-state index contributed by atoms with van der Waals surface area (Å²) in [6.07, 6.45) is 1.16.